The lowest BCUT2D eigenvalue weighted by Gasteiger charge is -2.17. The number of phenols is 2. The van der Waals surface area contributed by atoms with Gasteiger partial charge in [-0.25, -0.2) is 8.78 Å². The van der Waals surface area contributed by atoms with Gasteiger partial charge in [0.1, 0.15) is 23.1 Å². The summed E-state index contributed by atoms with van der Waals surface area (Å²) in [5.41, 5.74) is 0.547. The van der Waals surface area contributed by atoms with Gasteiger partial charge < -0.3 is 15.5 Å². The summed E-state index contributed by atoms with van der Waals surface area (Å²) in [7, 11) is 0. The third-order valence-electron chi connectivity index (χ3n) is 2.81. The molecule has 20 heavy (non-hydrogen) atoms. The summed E-state index contributed by atoms with van der Waals surface area (Å²) in [6, 6.07) is 5.71. The second-order valence-corrected chi connectivity index (χ2v) is 5.25. The minimum Gasteiger partial charge on any atom is -0.508 e. The van der Waals surface area contributed by atoms with E-state index >= 15 is 0 Å². The summed E-state index contributed by atoms with van der Waals surface area (Å²) in [6.45, 7) is 1.70. The zero-order chi connectivity index (χ0) is 14.9. The number of phenolic OH excluding ortho intramolecular Hbond substituents is 2. The Bertz CT molecular complexity index is 629. The molecule has 3 N–H and O–H groups in total. The average Bonchev–Trinajstić information content (AvgIpc) is 2.34. The SMILES string of the molecule is CC(Nc1cc(F)c(Br)cc1F)c1cc(O)cc(O)c1. The quantitative estimate of drug-likeness (QED) is 0.728. The summed E-state index contributed by atoms with van der Waals surface area (Å²) in [5.74, 6) is -1.39. The minimum atomic E-state index is -0.602. The third-order valence-corrected chi connectivity index (χ3v) is 3.41. The van der Waals surface area contributed by atoms with Crippen molar-refractivity contribution in [2.24, 2.45) is 0 Å². The average molecular weight is 344 g/mol. The van der Waals surface area contributed by atoms with Crippen molar-refractivity contribution in [3.8, 4) is 11.5 Å². The summed E-state index contributed by atoms with van der Waals surface area (Å²) in [6.07, 6.45) is 0. The van der Waals surface area contributed by atoms with Gasteiger partial charge in [-0.15, -0.1) is 0 Å². The largest absolute Gasteiger partial charge is 0.508 e. The topological polar surface area (TPSA) is 52.5 Å². The second kappa shape index (κ2) is 5.66. The predicted molar refractivity (Wildman–Crippen MR) is 75.9 cm³/mol. The Labute approximate surface area is 123 Å². The van der Waals surface area contributed by atoms with Crippen LogP contribution in [0.3, 0.4) is 0 Å². The summed E-state index contributed by atoms with van der Waals surface area (Å²) >= 11 is 2.90. The minimum absolute atomic E-state index is 0.000956. The van der Waals surface area contributed by atoms with Crippen molar-refractivity contribution in [1.82, 2.24) is 0 Å². The van der Waals surface area contributed by atoms with E-state index in [4.69, 9.17) is 0 Å². The number of rotatable bonds is 3. The molecule has 1 unspecified atom stereocenters. The van der Waals surface area contributed by atoms with Crippen LogP contribution >= 0.6 is 15.9 Å². The Morgan fingerprint density at radius 3 is 2.20 bits per heavy atom. The summed E-state index contributed by atoms with van der Waals surface area (Å²) in [4.78, 5) is 0. The lowest BCUT2D eigenvalue weighted by atomic mass is 10.1. The van der Waals surface area contributed by atoms with E-state index in [1.807, 2.05) is 0 Å². The maximum Gasteiger partial charge on any atom is 0.147 e. The number of halogens is 3. The van der Waals surface area contributed by atoms with Gasteiger partial charge in [0.2, 0.25) is 0 Å². The molecule has 0 radical (unpaired) electrons. The normalized spacial score (nSPS) is 12.2. The predicted octanol–water partition coefficient (Wildman–Crippen LogP) is 4.31. The van der Waals surface area contributed by atoms with E-state index in [0.29, 0.717) is 5.56 Å². The first kappa shape index (κ1) is 14.6. The van der Waals surface area contributed by atoms with Crippen LogP contribution in [0.1, 0.15) is 18.5 Å². The van der Waals surface area contributed by atoms with Gasteiger partial charge in [0.05, 0.1) is 10.2 Å². The maximum absolute atomic E-state index is 13.7. The van der Waals surface area contributed by atoms with Crippen molar-refractivity contribution in [2.75, 3.05) is 5.32 Å². The van der Waals surface area contributed by atoms with E-state index in [0.717, 1.165) is 12.1 Å². The summed E-state index contributed by atoms with van der Waals surface area (Å²) < 4.78 is 27.2. The van der Waals surface area contributed by atoms with E-state index in [1.54, 1.807) is 6.92 Å². The van der Waals surface area contributed by atoms with E-state index in [-0.39, 0.29) is 21.7 Å². The van der Waals surface area contributed by atoms with Crippen LogP contribution in [-0.2, 0) is 0 Å². The zero-order valence-corrected chi connectivity index (χ0v) is 12.1. The van der Waals surface area contributed by atoms with Crippen molar-refractivity contribution in [3.05, 3.63) is 52.0 Å². The highest BCUT2D eigenvalue weighted by molar-refractivity contribution is 9.10. The van der Waals surface area contributed by atoms with Crippen LogP contribution in [0.5, 0.6) is 11.5 Å². The van der Waals surface area contributed by atoms with E-state index in [2.05, 4.69) is 21.2 Å². The van der Waals surface area contributed by atoms with Crippen molar-refractivity contribution in [3.63, 3.8) is 0 Å². The molecule has 3 nitrogen and oxygen atoms in total. The van der Waals surface area contributed by atoms with Gasteiger partial charge in [0.25, 0.3) is 0 Å². The molecule has 0 fully saturated rings. The molecule has 0 aliphatic heterocycles. The fraction of sp³-hybridized carbons (Fsp3) is 0.143. The lowest BCUT2D eigenvalue weighted by Crippen LogP contribution is -2.08. The molecule has 0 saturated heterocycles. The Morgan fingerprint density at radius 2 is 1.60 bits per heavy atom. The number of aromatic hydroxyl groups is 2. The number of hydrogen-bond acceptors (Lipinski definition) is 3. The summed E-state index contributed by atoms with van der Waals surface area (Å²) in [5, 5.41) is 21.6. The lowest BCUT2D eigenvalue weighted by molar-refractivity contribution is 0.448. The maximum atomic E-state index is 13.7. The highest BCUT2D eigenvalue weighted by Gasteiger charge is 2.13. The molecule has 106 valence electrons. The van der Waals surface area contributed by atoms with Gasteiger partial charge in [0, 0.05) is 18.2 Å². The Kier molecular flexibility index (Phi) is 4.13. The van der Waals surface area contributed by atoms with Crippen molar-refractivity contribution in [1.29, 1.82) is 0 Å². The number of anilines is 1. The van der Waals surface area contributed by atoms with E-state index in [1.165, 1.54) is 18.2 Å². The Balaban J connectivity index is 2.27. The first-order valence-electron chi connectivity index (χ1n) is 5.81. The fourth-order valence-electron chi connectivity index (χ4n) is 1.82. The molecule has 0 bridgehead atoms. The smallest absolute Gasteiger partial charge is 0.147 e. The molecule has 1 atom stereocenters. The van der Waals surface area contributed by atoms with E-state index < -0.39 is 17.7 Å². The van der Waals surface area contributed by atoms with Gasteiger partial charge in [-0.3, -0.25) is 0 Å². The monoisotopic (exact) mass is 343 g/mol. The van der Waals surface area contributed by atoms with Crippen LogP contribution in [0.2, 0.25) is 0 Å². The molecule has 2 aromatic carbocycles. The Morgan fingerprint density at radius 1 is 1.00 bits per heavy atom. The molecular weight excluding hydrogens is 332 g/mol. The van der Waals surface area contributed by atoms with Crippen LogP contribution in [-0.4, -0.2) is 10.2 Å². The van der Waals surface area contributed by atoms with E-state index in [9.17, 15) is 19.0 Å². The molecule has 0 heterocycles. The molecule has 2 rings (SSSR count). The molecule has 2 aromatic rings. The van der Waals surface area contributed by atoms with Gasteiger partial charge >= 0.3 is 0 Å². The van der Waals surface area contributed by atoms with Crippen LogP contribution < -0.4 is 5.32 Å². The molecule has 0 amide bonds. The van der Waals surface area contributed by atoms with Gasteiger partial charge in [-0.2, -0.15) is 0 Å². The molecule has 0 aliphatic carbocycles. The zero-order valence-electron chi connectivity index (χ0n) is 10.5. The molecule has 6 heteroatoms. The van der Waals surface area contributed by atoms with Crippen LogP contribution in [0.25, 0.3) is 0 Å². The molecule has 0 saturated carbocycles. The van der Waals surface area contributed by atoms with Crippen molar-refractivity contribution in [2.45, 2.75) is 13.0 Å². The molecule has 0 spiro atoms. The molecule has 0 aliphatic rings. The van der Waals surface area contributed by atoms with Crippen molar-refractivity contribution >= 4 is 21.6 Å². The number of nitrogens with one attached hydrogen (secondary N) is 1. The fourth-order valence-corrected chi connectivity index (χ4v) is 2.13. The van der Waals surface area contributed by atoms with Crippen LogP contribution in [0.4, 0.5) is 14.5 Å². The number of benzene rings is 2. The van der Waals surface area contributed by atoms with Gasteiger partial charge in [0.15, 0.2) is 0 Å². The van der Waals surface area contributed by atoms with Gasteiger partial charge in [-0.05, 0) is 46.6 Å². The van der Waals surface area contributed by atoms with Gasteiger partial charge in [-0.1, -0.05) is 0 Å². The van der Waals surface area contributed by atoms with Crippen LogP contribution in [0.15, 0.2) is 34.8 Å². The first-order chi connectivity index (χ1) is 9.36. The van der Waals surface area contributed by atoms with Crippen LogP contribution in [0, 0.1) is 11.6 Å². The highest BCUT2D eigenvalue weighted by atomic mass is 79.9. The number of hydrogen-bond donors (Lipinski definition) is 3. The first-order valence-corrected chi connectivity index (χ1v) is 6.60. The third kappa shape index (κ3) is 3.19. The standard InChI is InChI=1S/C14H12BrF2NO2/c1-7(8-2-9(19)4-10(20)3-8)18-14-6-12(16)11(15)5-13(14)17/h2-7,18-20H,1H3. The van der Waals surface area contributed by atoms with Crippen molar-refractivity contribution < 1.29 is 19.0 Å². The Hall–Kier alpha value is -1.82. The highest BCUT2D eigenvalue weighted by Crippen LogP contribution is 2.29. The second-order valence-electron chi connectivity index (χ2n) is 4.39. The molecular formula is C14H12BrF2NO2. The molecule has 0 aromatic heterocycles.